The van der Waals surface area contributed by atoms with Gasteiger partial charge in [-0.15, -0.1) is 11.3 Å². The van der Waals surface area contributed by atoms with Crippen LogP contribution in [-0.2, 0) is 14.3 Å². The van der Waals surface area contributed by atoms with Crippen LogP contribution < -0.4 is 0 Å². The number of benzene rings is 3. The number of fused-ring (bicyclic) bond motifs is 2. The molecule has 2 aliphatic heterocycles. The summed E-state index contributed by atoms with van der Waals surface area (Å²) in [7, 11) is 0. The SMILES string of the molecule is Cc1cc2nc(-c3ccc4[nH]cc(C5CCN(C6COC6)CC5)c4c3)sc2c(-c2ccc(Cl)cc2)c1[C@H](OC(C)(C)C)C(=O)O. The van der Waals surface area contributed by atoms with Crippen LogP contribution in [0, 0.1) is 6.92 Å². The van der Waals surface area contributed by atoms with E-state index in [9.17, 15) is 9.90 Å². The smallest absolute Gasteiger partial charge is 0.337 e. The lowest BCUT2D eigenvalue weighted by atomic mass is 9.88. The summed E-state index contributed by atoms with van der Waals surface area (Å²) in [5.74, 6) is -0.510. The van der Waals surface area contributed by atoms with Crippen LogP contribution >= 0.6 is 22.9 Å². The highest BCUT2D eigenvalue weighted by Crippen LogP contribution is 2.45. The number of aryl methyl sites for hydroxylation is 1. The van der Waals surface area contributed by atoms with Crippen LogP contribution in [-0.4, -0.2) is 63.9 Å². The first-order chi connectivity index (χ1) is 21.6. The third-order valence-corrected chi connectivity index (χ3v) is 10.5. The minimum atomic E-state index is -1.15. The fourth-order valence-corrected chi connectivity index (χ4v) is 8.03. The number of rotatable bonds is 7. The summed E-state index contributed by atoms with van der Waals surface area (Å²) >= 11 is 7.86. The van der Waals surface area contributed by atoms with E-state index in [1.807, 2.05) is 58.0 Å². The summed E-state index contributed by atoms with van der Waals surface area (Å²) in [6.45, 7) is 11.5. The molecule has 0 radical (unpaired) electrons. The predicted molar refractivity (Wildman–Crippen MR) is 181 cm³/mol. The van der Waals surface area contributed by atoms with Gasteiger partial charge in [0.05, 0.1) is 35.1 Å². The molecule has 0 bridgehead atoms. The minimum absolute atomic E-state index is 0.513. The van der Waals surface area contributed by atoms with Gasteiger partial charge in [0.1, 0.15) is 5.01 Å². The van der Waals surface area contributed by atoms with Gasteiger partial charge in [-0.2, -0.15) is 0 Å². The van der Waals surface area contributed by atoms with Crippen molar-refractivity contribution in [1.29, 1.82) is 0 Å². The van der Waals surface area contributed by atoms with Crippen molar-refractivity contribution >= 4 is 50.0 Å². The number of halogens is 1. The van der Waals surface area contributed by atoms with E-state index in [4.69, 9.17) is 26.1 Å². The number of aromatic nitrogens is 2. The second kappa shape index (κ2) is 11.8. The van der Waals surface area contributed by atoms with Crippen LogP contribution in [0.5, 0.6) is 0 Å². The highest BCUT2D eigenvalue weighted by atomic mass is 35.5. The fraction of sp³-hybridized carbons (Fsp3) is 0.389. The largest absolute Gasteiger partial charge is 0.479 e. The molecule has 45 heavy (non-hydrogen) atoms. The quantitative estimate of drug-likeness (QED) is 0.185. The molecule has 9 heteroatoms. The number of aromatic amines is 1. The van der Waals surface area contributed by atoms with Crippen LogP contribution in [0.1, 0.15) is 62.3 Å². The monoisotopic (exact) mass is 643 g/mol. The normalized spacial score (nSPS) is 17.6. The number of likely N-dealkylation sites (tertiary alicyclic amines) is 1. The Labute approximate surface area is 272 Å². The molecule has 5 aromatic rings. The third-order valence-electron chi connectivity index (χ3n) is 9.09. The molecule has 4 heterocycles. The van der Waals surface area contributed by atoms with Crippen LogP contribution in [0.2, 0.25) is 5.02 Å². The number of aliphatic carboxylic acids is 1. The molecule has 7 rings (SSSR count). The van der Waals surface area contributed by atoms with Crippen molar-refractivity contribution < 1.29 is 19.4 Å². The first-order valence-corrected chi connectivity index (χ1v) is 16.8. The number of nitrogens with one attached hydrogen (secondary N) is 1. The standard InChI is InChI=1S/C36H38ClN3O4S/c1-20-15-29-33(31(22-5-8-24(37)9-6-22)30(20)32(35(41)42)44-36(2,3)4)45-34(39-29)23-7-10-28-26(16-23)27(17-38-28)21-11-13-40(14-12-21)25-18-43-19-25/h5-10,15-17,21,25,32,38H,11-14,18-19H2,1-4H3,(H,41,42)/t32-/m0/s1. The number of ether oxygens (including phenoxy) is 2. The number of H-pyrrole nitrogens is 1. The van der Waals surface area contributed by atoms with Gasteiger partial charge in [0.15, 0.2) is 6.10 Å². The fourth-order valence-electron chi connectivity index (χ4n) is 6.78. The van der Waals surface area contributed by atoms with Gasteiger partial charge in [0.25, 0.3) is 0 Å². The molecular weight excluding hydrogens is 606 g/mol. The van der Waals surface area contributed by atoms with E-state index < -0.39 is 17.7 Å². The van der Waals surface area contributed by atoms with Crippen molar-refractivity contribution in [1.82, 2.24) is 14.9 Å². The summed E-state index contributed by atoms with van der Waals surface area (Å²) in [5, 5.41) is 13.1. The van der Waals surface area contributed by atoms with Gasteiger partial charge in [0.2, 0.25) is 0 Å². The van der Waals surface area contributed by atoms with Gasteiger partial charge < -0.3 is 19.6 Å². The van der Waals surface area contributed by atoms with Gasteiger partial charge in [-0.3, -0.25) is 4.90 Å². The summed E-state index contributed by atoms with van der Waals surface area (Å²) in [5.41, 5.74) is 6.91. The number of carbonyl (C=O) groups is 1. The molecule has 0 amide bonds. The van der Waals surface area contributed by atoms with Crippen molar-refractivity contribution in [2.24, 2.45) is 0 Å². The van der Waals surface area contributed by atoms with E-state index >= 15 is 0 Å². The average Bonchev–Trinajstić information content (AvgIpc) is 3.59. The highest BCUT2D eigenvalue weighted by Gasteiger charge is 2.33. The van der Waals surface area contributed by atoms with Gasteiger partial charge in [0, 0.05) is 38.8 Å². The molecule has 2 aliphatic rings. The van der Waals surface area contributed by atoms with E-state index in [2.05, 4.69) is 34.3 Å². The van der Waals surface area contributed by atoms with Gasteiger partial charge >= 0.3 is 5.97 Å². The topological polar surface area (TPSA) is 87.7 Å². The molecular formula is C36H38ClN3O4S. The zero-order chi connectivity index (χ0) is 31.5. The summed E-state index contributed by atoms with van der Waals surface area (Å²) in [4.78, 5) is 23.9. The molecule has 2 fully saturated rings. The number of nitrogens with zero attached hydrogens (tertiary/aromatic N) is 2. The van der Waals surface area contributed by atoms with Gasteiger partial charge in [-0.25, -0.2) is 9.78 Å². The molecule has 2 aromatic heterocycles. The Morgan fingerprint density at radius 2 is 1.82 bits per heavy atom. The Balaban J connectivity index is 1.31. The van der Waals surface area contributed by atoms with E-state index in [1.54, 1.807) is 11.3 Å². The van der Waals surface area contributed by atoms with Crippen LogP contribution in [0.15, 0.2) is 54.7 Å². The average molecular weight is 644 g/mol. The number of hydrogen-bond acceptors (Lipinski definition) is 6. The van der Waals surface area contributed by atoms with Crippen molar-refractivity contribution in [3.05, 3.63) is 76.4 Å². The Morgan fingerprint density at radius 3 is 2.47 bits per heavy atom. The van der Waals surface area contributed by atoms with E-state index in [1.165, 1.54) is 10.9 Å². The van der Waals surface area contributed by atoms with Gasteiger partial charge in [-0.1, -0.05) is 23.7 Å². The van der Waals surface area contributed by atoms with Crippen LogP contribution in [0.4, 0.5) is 0 Å². The van der Waals surface area contributed by atoms with E-state index in [-0.39, 0.29) is 0 Å². The second-order valence-electron chi connectivity index (χ2n) is 13.3. The highest BCUT2D eigenvalue weighted by molar-refractivity contribution is 7.22. The van der Waals surface area contributed by atoms with Gasteiger partial charge in [-0.05, 0) is 113 Å². The minimum Gasteiger partial charge on any atom is -0.479 e. The molecule has 2 N–H and O–H groups in total. The number of carboxylic acids is 1. The zero-order valence-electron chi connectivity index (χ0n) is 26.0. The molecule has 7 nitrogen and oxygen atoms in total. The maximum Gasteiger partial charge on any atom is 0.337 e. The summed E-state index contributed by atoms with van der Waals surface area (Å²) in [6.07, 6.45) is 3.33. The lowest BCUT2D eigenvalue weighted by molar-refractivity contribution is -0.160. The maximum atomic E-state index is 12.7. The van der Waals surface area contributed by atoms with Crippen molar-refractivity contribution in [2.45, 2.75) is 64.2 Å². The van der Waals surface area contributed by atoms with E-state index in [0.29, 0.717) is 22.5 Å². The van der Waals surface area contributed by atoms with Crippen LogP contribution in [0.25, 0.3) is 42.8 Å². The third kappa shape index (κ3) is 5.90. The first-order valence-electron chi connectivity index (χ1n) is 15.6. The number of carboxylic acid groups (broad SMARTS) is 1. The molecule has 0 unspecified atom stereocenters. The zero-order valence-corrected chi connectivity index (χ0v) is 27.6. The van der Waals surface area contributed by atoms with Crippen molar-refractivity contribution in [3.63, 3.8) is 0 Å². The maximum absolute atomic E-state index is 12.7. The second-order valence-corrected chi connectivity index (χ2v) is 14.7. The molecule has 3 aromatic carbocycles. The first kappa shape index (κ1) is 30.4. The number of piperidine rings is 1. The Bertz CT molecular complexity index is 1880. The molecule has 234 valence electrons. The molecule has 0 spiro atoms. The Hall–Kier alpha value is -3.27. The van der Waals surface area contributed by atoms with E-state index in [0.717, 1.165) is 82.1 Å². The Morgan fingerprint density at radius 1 is 1.11 bits per heavy atom. The Kier molecular flexibility index (Phi) is 7.99. The summed E-state index contributed by atoms with van der Waals surface area (Å²) in [6, 6.07) is 16.7. The lowest BCUT2D eigenvalue weighted by Crippen LogP contribution is -2.51. The summed E-state index contributed by atoms with van der Waals surface area (Å²) < 4.78 is 12.5. The molecule has 2 saturated heterocycles. The molecule has 0 saturated carbocycles. The predicted octanol–water partition coefficient (Wildman–Crippen LogP) is 8.59. The van der Waals surface area contributed by atoms with Crippen molar-refractivity contribution in [3.8, 4) is 21.7 Å². The van der Waals surface area contributed by atoms with Crippen molar-refractivity contribution in [2.75, 3.05) is 26.3 Å². The lowest BCUT2D eigenvalue weighted by Gasteiger charge is -2.41. The number of thiazole rings is 1. The number of hydrogen-bond donors (Lipinski definition) is 2. The molecule has 1 atom stereocenters. The van der Waals surface area contributed by atoms with Crippen LogP contribution in [0.3, 0.4) is 0 Å². The molecule has 0 aliphatic carbocycles.